The van der Waals surface area contributed by atoms with Crippen molar-refractivity contribution in [3.63, 3.8) is 0 Å². The second-order valence-electron chi connectivity index (χ2n) is 4.26. The Bertz CT molecular complexity index is 396. The molecule has 4 heteroatoms. The van der Waals surface area contributed by atoms with Crippen LogP contribution in [0.4, 0.5) is 0 Å². The average molecular weight is 346 g/mol. The first-order chi connectivity index (χ1) is 6.91. The molecule has 0 saturated carbocycles. The summed E-state index contributed by atoms with van der Waals surface area (Å²) in [5.74, 6) is 0. The van der Waals surface area contributed by atoms with E-state index in [0.717, 1.165) is 0 Å². The van der Waals surface area contributed by atoms with Crippen LogP contribution in [0.25, 0.3) is 5.20 Å². The molecule has 0 N–H and O–H groups in total. The van der Waals surface area contributed by atoms with Gasteiger partial charge in [0.1, 0.15) is 0 Å². The standard InChI is InChI=1S/C11H14Si.2ClH.Ru/c1-10(12(2,3)4)11-8-6-5-7-9-11;;;/h5-9H,2-4H3;2*1H;/q;;;+2/p-2. The van der Waals surface area contributed by atoms with Gasteiger partial charge in [-0.05, 0) is 0 Å². The molecule has 0 aliphatic carbocycles. The Morgan fingerprint density at radius 2 is 1.67 bits per heavy atom. The van der Waals surface area contributed by atoms with E-state index in [-0.39, 0.29) is 0 Å². The number of rotatable bonds is 2. The number of hydrogen-bond donors (Lipinski definition) is 0. The zero-order valence-corrected chi connectivity index (χ0v) is 13.2. The van der Waals surface area contributed by atoms with Crippen LogP contribution in [0.3, 0.4) is 0 Å². The van der Waals surface area contributed by atoms with Crippen molar-refractivity contribution in [3.8, 4) is 0 Å². The molecule has 0 aliphatic heterocycles. The Hall–Kier alpha value is 0.290. The Balaban J connectivity index is 3.35. The van der Waals surface area contributed by atoms with Gasteiger partial charge in [-0.2, -0.15) is 0 Å². The molecule has 0 atom stereocenters. The van der Waals surface area contributed by atoms with Gasteiger partial charge < -0.3 is 0 Å². The summed E-state index contributed by atoms with van der Waals surface area (Å²) >= 11 is -1.85. The summed E-state index contributed by atoms with van der Waals surface area (Å²) in [5, 5.41) is 1.26. The van der Waals surface area contributed by atoms with Gasteiger partial charge in [0.15, 0.2) is 0 Å². The zero-order valence-electron chi connectivity index (χ0n) is 9.00. The van der Waals surface area contributed by atoms with Crippen LogP contribution in [0.5, 0.6) is 0 Å². The molecule has 1 rings (SSSR count). The van der Waals surface area contributed by atoms with Crippen LogP contribution in [0.1, 0.15) is 5.56 Å². The first kappa shape index (κ1) is 13.4. The molecule has 0 heterocycles. The van der Waals surface area contributed by atoms with Crippen molar-refractivity contribution in [2.75, 3.05) is 0 Å². The van der Waals surface area contributed by atoms with Gasteiger partial charge in [-0.15, -0.1) is 0 Å². The van der Waals surface area contributed by atoms with Crippen LogP contribution < -0.4 is 0 Å². The third kappa shape index (κ3) is 4.34. The third-order valence-corrected chi connectivity index (χ3v) is 5.83. The normalized spacial score (nSPS) is 11.9. The van der Waals surface area contributed by atoms with Crippen molar-refractivity contribution >= 4 is 36.9 Å². The van der Waals surface area contributed by atoms with E-state index in [1.165, 1.54) is 10.8 Å². The number of hydrogen-bond acceptors (Lipinski definition) is 0. The fourth-order valence-corrected chi connectivity index (χ4v) is 7.10. The van der Waals surface area contributed by atoms with Gasteiger partial charge in [-0.3, -0.25) is 0 Å². The summed E-state index contributed by atoms with van der Waals surface area (Å²) < 4.78 is 3.29. The van der Waals surface area contributed by atoms with E-state index in [9.17, 15) is 0 Å². The van der Waals surface area contributed by atoms with Crippen LogP contribution in [-0.2, 0) is 13.5 Å². The van der Waals surface area contributed by atoms with Gasteiger partial charge in [0.25, 0.3) is 0 Å². The monoisotopic (exact) mass is 346 g/mol. The SMILES string of the molecule is C[Si](C)(C)C(=[C]=[Ru]([Cl])[Cl])c1ccccc1. The third-order valence-electron chi connectivity index (χ3n) is 1.97. The molecule has 0 aliphatic rings. The van der Waals surface area contributed by atoms with Crippen LogP contribution in [0, 0.1) is 0 Å². The second-order valence-corrected chi connectivity index (χ2v) is 14.6. The topological polar surface area (TPSA) is 0 Å². The Labute approximate surface area is 105 Å². The Morgan fingerprint density at radius 1 is 1.13 bits per heavy atom. The molecule has 0 fully saturated rings. The maximum atomic E-state index is 5.93. The Kier molecular flexibility index (Phi) is 4.96. The van der Waals surface area contributed by atoms with Gasteiger partial charge in [-0.1, -0.05) is 0 Å². The molecular formula is C11H14Cl2RuSi. The van der Waals surface area contributed by atoms with E-state index in [1.807, 2.05) is 18.2 Å². The van der Waals surface area contributed by atoms with Crippen molar-refractivity contribution in [3.05, 3.63) is 35.9 Å². The van der Waals surface area contributed by atoms with E-state index in [2.05, 4.69) is 36.0 Å². The van der Waals surface area contributed by atoms with Gasteiger partial charge >= 0.3 is 106 Å². The number of benzene rings is 1. The van der Waals surface area contributed by atoms with Gasteiger partial charge in [-0.25, -0.2) is 0 Å². The Morgan fingerprint density at radius 3 is 2.07 bits per heavy atom. The molecule has 0 radical (unpaired) electrons. The van der Waals surface area contributed by atoms with Crippen molar-refractivity contribution in [1.82, 2.24) is 0 Å². The minimum absolute atomic E-state index is 1.22. The number of halogens is 2. The predicted octanol–water partition coefficient (Wildman–Crippen LogP) is 4.27. The molecular weight excluding hydrogens is 332 g/mol. The molecule has 84 valence electrons. The molecule has 15 heavy (non-hydrogen) atoms. The summed E-state index contributed by atoms with van der Waals surface area (Å²) in [4.78, 5) is 0. The molecule has 0 saturated heterocycles. The summed E-state index contributed by atoms with van der Waals surface area (Å²) in [6.45, 7) is 6.86. The van der Waals surface area contributed by atoms with E-state index in [4.69, 9.17) is 19.4 Å². The average Bonchev–Trinajstić information content (AvgIpc) is 2.14. The van der Waals surface area contributed by atoms with Crippen LogP contribution >= 0.6 is 19.4 Å². The van der Waals surface area contributed by atoms with E-state index in [1.54, 1.807) is 0 Å². The maximum absolute atomic E-state index is 5.93. The fourth-order valence-electron chi connectivity index (χ4n) is 1.29. The van der Waals surface area contributed by atoms with Gasteiger partial charge in [0, 0.05) is 0 Å². The quantitative estimate of drug-likeness (QED) is 0.702. The van der Waals surface area contributed by atoms with E-state index >= 15 is 0 Å². The van der Waals surface area contributed by atoms with Gasteiger partial charge in [0.2, 0.25) is 0 Å². The minimum atomic E-state index is -1.85. The molecule has 0 aromatic heterocycles. The van der Waals surface area contributed by atoms with Crippen molar-refractivity contribution in [1.29, 1.82) is 0 Å². The van der Waals surface area contributed by atoms with E-state index < -0.39 is 21.6 Å². The second kappa shape index (κ2) is 5.57. The first-order valence-electron chi connectivity index (χ1n) is 4.60. The fraction of sp³-hybridized carbons (Fsp3) is 0.273. The summed E-state index contributed by atoms with van der Waals surface area (Å²) in [5.41, 5.74) is 1.22. The first-order valence-corrected chi connectivity index (χ1v) is 13.4. The molecule has 0 nitrogen and oxygen atoms in total. The van der Waals surface area contributed by atoms with Gasteiger partial charge in [0.05, 0.1) is 0 Å². The summed E-state index contributed by atoms with van der Waals surface area (Å²) in [6, 6.07) is 10.3. The molecule has 0 bridgehead atoms. The summed E-state index contributed by atoms with van der Waals surface area (Å²) in [6.07, 6.45) is 0. The predicted molar refractivity (Wildman–Crippen MR) is 69.9 cm³/mol. The zero-order chi connectivity index (χ0) is 11.5. The summed E-state index contributed by atoms with van der Waals surface area (Å²) in [7, 11) is 10.4. The molecule has 0 spiro atoms. The van der Waals surface area contributed by atoms with Crippen molar-refractivity contribution in [2.24, 2.45) is 0 Å². The molecule has 1 aromatic carbocycles. The van der Waals surface area contributed by atoms with Crippen molar-refractivity contribution in [2.45, 2.75) is 19.6 Å². The van der Waals surface area contributed by atoms with Crippen LogP contribution in [0.2, 0.25) is 19.6 Å². The van der Waals surface area contributed by atoms with Crippen molar-refractivity contribution < 1.29 is 13.5 Å². The van der Waals surface area contributed by atoms with Crippen LogP contribution in [0.15, 0.2) is 30.3 Å². The molecule has 1 aromatic rings. The van der Waals surface area contributed by atoms with Crippen LogP contribution in [-0.4, -0.2) is 12.3 Å². The molecule has 0 amide bonds. The molecule has 0 unspecified atom stereocenters. The van der Waals surface area contributed by atoms with E-state index in [0.29, 0.717) is 0 Å².